The average Bonchev–Trinajstić information content (AvgIpc) is 2.56. The van der Waals surface area contributed by atoms with Gasteiger partial charge in [0, 0.05) is 17.1 Å². The van der Waals surface area contributed by atoms with E-state index >= 15 is 0 Å². The van der Waals surface area contributed by atoms with Crippen LogP contribution in [-0.2, 0) is 16.1 Å². The molecule has 0 unspecified atom stereocenters. The van der Waals surface area contributed by atoms with E-state index in [0.717, 1.165) is 0 Å². The van der Waals surface area contributed by atoms with E-state index in [9.17, 15) is 14.0 Å². The van der Waals surface area contributed by atoms with Crippen molar-refractivity contribution in [1.29, 1.82) is 0 Å². The molecule has 0 heterocycles. The molecule has 0 atom stereocenters. The fourth-order valence-electron chi connectivity index (χ4n) is 2.01. The number of carbonyl (C=O) groups is 2. The standard InChI is InChI=1S/C18H17Cl2FN2O2/c1-18(2,16(24)22-10-11-5-3-4-6-14(11)21)17(25)23-15-8-7-12(19)9-13(15)20/h3-9H,10H2,1-2H3,(H,22,24)(H,23,25). The van der Waals surface area contributed by atoms with Crippen molar-refractivity contribution in [2.24, 2.45) is 5.41 Å². The van der Waals surface area contributed by atoms with Crippen LogP contribution < -0.4 is 10.6 Å². The molecule has 2 N–H and O–H groups in total. The fourth-order valence-corrected chi connectivity index (χ4v) is 2.47. The first-order valence-electron chi connectivity index (χ1n) is 7.50. The number of carbonyl (C=O) groups excluding carboxylic acids is 2. The molecular weight excluding hydrogens is 366 g/mol. The molecule has 0 saturated carbocycles. The molecule has 2 rings (SSSR count). The van der Waals surface area contributed by atoms with Crippen molar-refractivity contribution >= 4 is 40.7 Å². The van der Waals surface area contributed by atoms with Gasteiger partial charge < -0.3 is 10.6 Å². The second-order valence-corrected chi connectivity index (χ2v) is 6.82. The van der Waals surface area contributed by atoms with E-state index in [1.54, 1.807) is 30.3 Å². The highest BCUT2D eigenvalue weighted by atomic mass is 35.5. The van der Waals surface area contributed by atoms with Gasteiger partial charge in [0.2, 0.25) is 11.8 Å². The van der Waals surface area contributed by atoms with Crippen molar-refractivity contribution in [2.75, 3.05) is 5.32 Å². The number of halogens is 3. The molecule has 0 aliphatic carbocycles. The fraction of sp³-hybridized carbons (Fsp3) is 0.222. The van der Waals surface area contributed by atoms with Crippen LogP contribution in [0, 0.1) is 11.2 Å². The van der Waals surface area contributed by atoms with Gasteiger partial charge in [-0.25, -0.2) is 4.39 Å². The Balaban J connectivity index is 2.04. The van der Waals surface area contributed by atoms with Gasteiger partial charge in [-0.3, -0.25) is 9.59 Å². The first-order chi connectivity index (χ1) is 11.7. The highest BCUT2D eigenvalue weighted by Gasteiger charge is 2.36. The molecule has 2 aromatic rings. The number of hydrogen-bond acceptors (Lipinski definition) is 2. The van der Waals surface area contributed by atoms with Crippen molar-refractivity contribution in [3.05, 3.63) is 63.9 Å². The lowest BCUT2D eigenvalue weighted by molar-refractivity contribution is -0.138. The highest BCUT2D eigenvalue weighted by Crippen LogP contribution is 2.27. The number of anilines is 1. The highest BCUT2D eigenvalue weighted by molar-refractivity contribution is 6.36. The molecule has 2 amide bonds. The Morgan fingerprint density at radius 2 is 1.76 bits per heavy atom. The molecule has 0 bridgehead atoms. The summed E-state index contributed by atoms with van der Waals surface area (Å²) in [6.07, 6.45) is 0. The number of rotatable bonds is 5. The summed E-state index contributed by atoms with van der Waals surface area (Å²) in [5.74, 6) is -1.49. The molecule has 132 valence electrons. The lowest BCUT2D eigenvalue weighted by Gasteiger charge is -2.23. The third-order valence-corrected chi connectivity index (χ3v) is 4.26. The van der Waals surface area contributed by atoms with Crippen LogP contribution in [0.3, 0.4) is 0 Å². The number of benzene rings is 2. The van der Waals surface area contributed by atoms with Crippen molar-refractivity contribution in [2.45, 2.75) is 20.4 Å². The summed E-state index contributed by atoms with van der Waals surface area (Å²) in [6.45, 7) is 2.94. The molecule has 2 aromatic carbocycles. The predicted octanol–water partition coefficient (Wildman–Crippen LogP) is 4.41. The average molecular weight is 383 g/mol. The molecule has 0 saturated heterocycles. The van der Waals surface area contributed by atoms with Gasteiger partial charge in [0.15, 0.2) is 0 Å². The summed E-state index contributed by atoms with van der Waals surface area (Å²) in [7, 11) is 0. The van der Waals surface area contributed by atoms with Crippen molar-refractivity contribution in [1.82, 2.24) is 5.32 Å². The Labute approximate surface area is 155 Å². The van der Waals surface area contributed by atoms with Crippen LogP contribution in [0.25, 0.3) is 0 Å². The maximum absolute atomic E-state index is 13.6. The normalized spacial score (nSPS) is 11.1. The molecule has 0 radical (unpaired) electrons. The minimum atomic E-state index is -1.38. The topological polar surface area (TPSA) is 58.2 Å². The second-order valence-electron chi connectivity index (χ2n) is 5.98. The van der Waals surface area contributed by atoms with Gasteiger partial charge in [0.1, 0.15) is 11.2 Å². The van der Waals surface area contributed by atoms with E-state index in [1.165, 1.54) is 26.0 Å². The molecule has 25 heavy (non-hydrogen) atoms. The quantitative estimate of drug-likeness (QED) is 0.752. The number of hydrogen-bond donors (Lipinski definition) is 2. The zero-order valence-corrected chi connectivity index (χ0v) is 15.2. The maximum atomic E-state index is 13.6. The molecule has 0 aliphatic heterocycles. The number of nitrogens with one attached hydrogen (secondary N) is 2. The van der Waals surface area contributed by atoms with Crippen molar-refractivity contribution in [3.8, 4) is 0 Å². The Bertz CT molecular complexity index is 809. The lowest BCUT2D eigenvalue weighted by Crippen LogP contribution is -2.45. The summed E-state index contributed by atoms with van der Waals surface area (Å²) < 4.78 is 13.6. The van der Waals surface area contributed by atoms with Crippen molar-refractivity contribution < 1.29 is 14.0 Å². The molecule has 0 aliphatic rings. The smallest absolute Gasteiger partial charge is 0.239 e. The summed E-state index contributed by atoms with van der Waals surface area (Å²) in [5, 5.41) is 5.88. The van der Waals surface area contributed by atoms with Crippen LogP contribution in [-0.4, -0.2) is 11.8 Å². The lowest BCUT2D eigenvalue weighted by atomic mass is 9.90. The van der Waals surface area contributed by atoms with Crippen LogP contribution in [0.4, 0.5) is 10.1 Å². The van der Waals surface area contributed by atoms with Crippen LogP contribution in [0.5, 0.6) is 0 Å². The SMILES string of the molecule is CC(C)(C(=O)NCc1ccccc1F)C(=O)Nc1ccc(Cl)cc1Cl. The molecule has 7 heteroatoms. The van der Waals surface area contributed by atoms with E-state index in [4.69, 9.17) is 23.2 Å². The van der Waals surface area contributed by atoms with E-state index in [0.29, 0.717) is 16.3 Å². The molecule has 0 aromatic heterocycles. The van der Waals surface area contributed by atoms with E-state index in [-0.39, 0.29) is 11.6 Å². The van der Waals surface area contributed by atoms with E-state index in [1.807, 2.05) is 0 Å². The molecular formula is C18H17Cl2FN2O2. The minimum absolute atomic E-state index is 0.0100. The van der Waals surface area contributed by atoms with Crippen LogP contribution >= 0.6 is 23.2 Å². The maximum Gasteiger partial charge on any atom is 0.239 e. The van der Waals surface area contributed by atoms with Gasteiger partial charge in [0.25, 0.3) is 0 Å². The first-order valence-corrected chi connectivity index (χ1v) is 8.25. The Morgan fingerprint density at radius 1 is 1.08 bits per heavy atom. The van der Waals surface area contributed by atoms with Crippen LogP contribution in [0.1, 0.15) is 19.4 Å². The van der Waals surface area contributed by atoms with Gasteiger partial charge in [-0.15, -0.1) is 0 Å². The van der Waals surface area contributed by atoms with Crippen LogP contribution in [0.2, 0.25) is 10.0 Å². The summed E-state index contributed by atoms with van der Waals surface area (Å²) in [5.41, 5.74) is -0.687. The van der Waals surface area contributed by atoms with Gasteiger partial charge >= 0.3 is 0 Å². The summed E-state index contributed by atoms with van der Waals surface area (Å²) in [4.78, 5) is 24.8. The van der Waals surface area contributed by atoms with Gasteiger partial charge in [-0.05, 0) is 38.1 Å². The molecule has 4 nitrogen and oxygen atoms in total. The Kier molecular flexibility index (Phi) is 6.03. The van der Waals surface area contributed by atoms with Gasteiger partial charge in [-0.2, -0.15) is 0 Å². The first kappa shape index (κ1) is 19.2. The predicted molar refractivity (Wildman–Crippen MR) is 97.1 cm³/mol. The molecule has 0 spiro atoms. The van der Waals surface area contributed by atoms with Crippen LogP contribution in [0.15, 0.2) is 42.5 Å². The molecule has 0 fully saturated rings. The zero-order chi connectivity index (χ0) is 18.6. The zero-order valence-electron chi connectivity index (χ0n) is 13.7. The van der Waals surface area contributed by atoms with E-state index < -0.39 is 23.0 Å². The van der Waals surface area contributed by atoms with E-state index in [2.05, 4.69) is 10.6 Å². The largest absolute Gasteiger partial charge is 0.351 e. The summed E-state index contributed by atoms with van der Waals surface area (Å²) in [6, 6.07) is 10.7. The third-order valence-electron chi connectivity index (χ3n) is 3.71. The summed E-state index contributed by atoms with van der Waals surface area (Å²) >= 11 is 11.8. The van der Waals surface area contributed by atoms with Gasteiger partial charge in [-0.1, -0.05) is 41.4 Å². The third kappa shape index (κ3) is 4.71. The minimum Gasteiger partial charge on any atom is -0.351 e. The monoisotopic (exact) mass is 382 g/mol. The van der Waals surface area contributed by atoms with Crippen molar-refractivity contribution in [3.63, 3.8) is 0 Å². The number of amides is 2. The second kappa shape index (κ2) is 7.85. The van der Waals surface area contributed by atoms with Gasteiger partial charge in [0.05, 0.1) is 10.7 Å². The Morgan fingerprint density at radius 3 is 2.40 bits per heavy atom. The Hall–Kier alpha value is -2.11.